The molecule has 0 saturated carbocycles. The quantitative estimate of drug-likeness (QED) is 0.717. The first kappa shape index (κ1) is 15.1. The second-order valence-corrected chi connectivity index (χ2v) is 5.50. The number of pyridine rings is 1. The van der Waals surface area contributed by atoms with E-state index in [0.717, 1.165) is 11.3 Å². The normalized spacial score (nSPS) is 10.9. The fourth-order valence-electron chi connectivity index (χ4n) is 1.99. The lowest BCUT2D eigenvalue weighted by Crippen LogP contribution is -2.10. The minimum absolute atomic E-state index is 0.0311. The molecule has 0 bridgehead atoms. The first-order chi connectivity index (χ1) is 10.9. The maximum absolute atomic E-state index is 13.7. The van der Waals surface area contributed by atoms with Crippen LogP contribution in [0, 0.1) is 17.5 Å². The van der Waals surface area contributed by atoms with Crippen LogP contribution in [0.4, 0.5) is 18.9 Å². The summed E-state index contributed by atoms with van der Waals surface area (Å²) in [5, 5.41) is 0.246. The summed E-state index contributed by atoms with van der Waals surface area (Å²) in [4.78, 5) is 15.8. The van der Waals surface area contributed by atoms with Crippen LogP contribution in [-0.2, 0) is 0 Å². The average Bonchev–Trinajstić information content (AvgIpc) is 2.83. The Labute approximate surface area is 131 Å². The van der Waals surface area contributed by atoms with Crippen molar-refractivity contribution in [1.82, 2.24) is 4.98 Å². The molecule has 4 N–H and O–H groups in total. The maximum atomic E-state index is 13.7. The summed E-state index contributed by atoms with van der Waals surface area (Å²) >= 11 is 0.948. The van der Waals surface area contributed by atoms with Crippen LogP contribution in [0.5, 0.6) is 11.5 Å². The number of benzene rings is 1. The van der Waals surface area contributed by atoms with Gasteiger partial charge in [0.15, 0.2) is 23.2 Å². The number of thiophene rings is 1. The van der Waals surface area contributed by atoms with Gasteiger partial charge in [0.05, 0.1) is 11.1 Å². The third kappa shape index (κ3) is 2.55. The third-order valence-corrected chi connectivity index (χ3v) is 4.14. The standard InChI is InChI=1S/C14H8F3N3O2S/c15-5-3-7(17)9(4-6(5)16)22-8-1-2-20-14-10(8)11(18)12(23-14)13(19)21/h1-4H,18H2,(H2,19,21). The van der Waals surface area contributed by atoms with Crippen LogP contribution < -0.4 is 16.2 Å². The van der Waals surface area contributed by atoms with Gasteiger partial charge in [-0.3, -0.25) is 4.79 Å². The number of anilines is 1. The molecule has 0 unspecified atom stereocenters. The van der Waals surface area contributed by atoms with Gasteiger partial charge in [-0.1, -0.05) is 0 Å². The van der Waals surface area contributed by atoms with Crippen molar-refractivity contribution >= 4 is 33.1 Å². The molecule has 0 aliphatic carbocycles. The highest BCUT2D eigenvalue weighted by Crippen LogP contribution is 2.40. The number of carbonyl (C=O) groups is 1. The van der Waals surface area contributed by atoms with Crippen molar-refractivity contribution < 1.29 is 22.7 Å². The number of amides is 1. The molecule has 2 aromatic heterocycles. The van der Waals surface area contributed by atoms with Crippen molar-refractivity contribution in [3.63, 3.8) is 0 Å². The van der Waals surface area contributed by atoms with E-state index in [-0.39, 0.29) is 21.7 Å². The maximum Gasteiger partial charge on any atom is 0.260 e. The first-order valence-corrected chi connectivity index (χ1v) is 6.99. The van der Waals surface area contributed by atoms with E-state index in [2.05, 4.69) is 4.98 Å². The predicted molar refractivity (Wildman–Crippen MR) is 78.9 cm³/mol. The molecular weight excluding hydrogens is 331 g/mol. The van der Waals surface area contributed by atoms with Gasteiger partial charge in [-0.05, 0) is 6.07 Å². The monoisotopic (exact) mass is 339 g/mol. The van der Waals surface area contributed by atoms with Crippen LogP contribution in [0.2, 0.25) is 0 Å². The zero-order chi connectivity index (χ0) is 16.7. The van der Waals surface area contributed by atoms with E-state index in [4.69, 9.17) is 16.2 Å². The van der Waals surface area contributed by atoms with Gasteiger partial charge in [-0.15, -0.1) is 11.3 Å². The van der Waals surface area contributed by atoms with Crippen molar-refractivity contribution in [3.8, 4) is 11.5 Å². The van der Waals surface area contributed by atoms with Gasteiger partial charge >= 0.3 is 0 Å². The van der Waals surface area contributed by atoms with Crippen LogP contribution in [0.3, 0.4) is 0 Å². The van der Waals surface area contributed by atoms with E-state index in [1.165, 1.54) is 12.3 Å². The number of fused-ring (bicyclic) bond motifs is 1. The number of nitrogens with two attached hydrogens (primary N) is 2. The van der Waals surface area contributed by atoms with Gasteiger partial charge in [0.25, 0.3) is 5.91 Å². The smallest absolute Gasteiger partial charge is 0.260 e. The van der Waals surface area contributed by atoms with Crippen LogP contribution in [0.15, 0.2) is 24.4 Å². The predicted octanol–water partition coefficient (Wildman–Crippen LogP) is 3.19. The Balaban J connectivity index is 2.14. The molecule has 5 nitrogen and oxygen atoms in total. The van der Waals surface area contributed by atoms with Crippen molar-refractivity contribution in [2.24, 2.45) is 5.73 Å². The SMILES string of the molecule is NC(=O)c1sc2nccc(Oc3cc(F)c(F)cc3F)c2c1N. The van der Waals surface area contributed by atoms with E-state index in [0.29, 0.717) is 17.0 Å². The molecule has 0 atom stereocenters. The first-order valence-electron chi connectivity index (χ1n) is 6.17. The van der Waals surface area contributed by atoms with E-state index in [9.17, 15) is 18.0 Å². The Morgan fingerprint density at radius 1 is 1.13 bits per heavy atom. The topological polar surface area (TPSA) is 91.2 Å². The van der Waals surface area contributed by atoms with Gasteiger partial charge in [0.1, 0.15) is 15.5 Å². The Hall–Kier alpha value is -2.81. The number of hydrogen-bond acceptors (Lipinski definition) is 5. The van der Waals surface area contributed by atoms with E-state index >= 15 is 0 Å². The molecule has 1 amide bonds. The Bertz CT molecular complexity index is 943. The van der Waals surface area contributed by atoms with E-state index in [1.54, 1.807) is 0 Å². The molecule has 0 radical (unpaired) electrons. The number of nitrogen functional groups attached to an aromatic ring is 1. The van der Waals surface area contributed by atoms with Crippen LogP contribution in [0.1, 0.15) is 9.67 Å². The molecule has 0 saturated heterocycles. The number of aromatic nitrogens is 1. The number of halogens is 3. The summed E-state index contributed by atoms with van der Waals surface area (Å²) in [7, 11) is 0. The molecule has 9 heteroatoms. The fourth-order valence-corrected chi connectivity index (χ4v) is 2.92. The molecule has 23 heavy (non-hydrogen) atoms. The number of ether oxygens (including phenoxy) is 1. The summed E-state index contributed by atoms with van der Waals surface area (Å²) in [6.45, 7) is 0. The molecule has 3 rings (SSSR count). The fraction of sp³-hybridized carbons (Fsp3) is 0. The van der Waals surface area contributed by atoms with E-state index < -0.39 is 29.1 Å². The minimum atomic E-state index is -1.33. The lowest BCUT2D eigenvalue weighted by molar-refractivity contribution is 0.100. The summed E-state index contributed by atoms with van der Waals surface area (Å²) in [5.41, 5.74) is 11.1. The molecule has 1 aromatic carbocycles. The average molecular weight is 339 g/mol. The molecular formula is C14H8F3N3O2S. The van der Waals surface area contributed by atoms with Crippen LogP contribution >= 0.6 is 11.3 Å². The van der Waals surface area contributed by atoms with Crippen LogP contribution in [0.25, 0.3) is 10.2 Å². The second-order valence-electron chi connectivity index (χ2n) is 4.50. The van der Waals surface area contributed by atoms with Gasteiger partial charge in [-0.25, -0.2) is 18.2 Å². The molecule has 0 aliphatic rings. The Kier molecular flexibility index (Phi) is 3.57. The molecule has 0 aliphatic heterocycles. The van der Waals surface area contributed by atoms with Gasteiger partial charge < -0.3 is 16.2 Å². The minimum Gasteiger partial charge on any atom is -0.453 e. The number of carbonyl (C=O) groups excluding carboxylic acids is 1. The number of primary amides is 1. The van der Waals surface area contributed by atoms with Gasteiger partial charge in [0.2, 0.25) is 0 Å². The largest absolute Gasteiger partial charge is 0.453 e. The Morgan fingerprint density at radius 2 is 1.83 bits per heavy atom. The Morgan fingerprint density at radius 3 is 2.52 bits per heavy atom. The van der Waals surface area contributed by atoms with Crippen molar-refractivity contribution in [2.45, 2.75) is 0 Å². The van der Waals surface area contributed by atoms with Gasteiger partial charge in [-0.2, -0.15) is 0 Å². The van der Waals surface area contributed by atoms with Crippen molar-refractivity contribution in [2.75, 3.05) is 5.73 Å². The summed E-state index contributed by atoms with van der Waals surface area (Å²) in [5.74, 6) is -4.90. The summed E-state index contributed by atoms with van der Waals surface area (Å²) in [6, 6.07) is 2.31. The molecule has 3 aromatic rings. The number of nitrogens with zero attached hydrogens (tertiary/aromatic N) is 1. The second kappa shape index (κ2) is 5.43. The third-order valence-electron chi connectivity index (χ3n) is 3.01. The highest BCUT2D eigenvalue weighted by atomic mass is 32.1. The lowest BCUT2D eigenvalue weighted by atomic mass is 10.2. The zero-order valence-electron chi connectivity index (χ0n) is 11.3. The summed E-state index contributed by atoms with van der Waals surface area (Å²) in [6.07, 6.45) is 1.34. The van der Waals surface area contributed by atoms with Crippen molar-refractivity contribution in [1.29, 1.82) is 0 Å². The molecule has 0 spiro atoms. The highest BCUT2D eigenvalue weighted by molar-refractivity contribution is 7.21. The molecule has 0 fully saturated rings. The molecule has 2 heterocycles. The van der Waals surface area contributed by atoms with Crippen molar-refractivity contribution in [3.05, 3.63) is 46.7 Å². The highest BCUT2D eigenvalue weighted by Gasteiger charge is 2.20. The van der Waals surface area contributed by atoms with Crippen LogP contribution in [-0.4, -0.2) is 10.9 Å². The lowest BCUT2D eigenvalue weighted by Gasteiger charge is -2.09. The summed E-state index contributed by atoms with van der Waals surface area (Å²) < 4.78 is 45.2. The number of hydrogen-bond donors (Lipinski definition) is 2. The number of rotatable bonds is 3. The molecule has 118 valence electrons. The van der Waals surface area contributed by atoms with Gasteiger partial charge in [0, 0.05) is 18.3 Å². The van der Waals surface area contributed by atoms with E-state index in [1.807, 2.05) is 0 Å². The zero-order valence-corrected chi connectivity index (χ0v) is 12.1.